The first-order valence-corrected chi connectivity index (χ1v) is 8.54. The average Bonchev–Trinajstić information content (AvgIpc) is 3.07. The molecule has 2 fully saturated rings. The predicted molar refractivity (Wildman–Crippen MR) is 88.3 cm³/mol. The summed E-state index contributed by atoms with van der Waals surface area (Å²) >= 11 is 0. The summed E-state index contributed by atoms with van der Waals surface area (Å²) in [6.07, 6.45) is 3.94. The summed E-state index contributed by atoms with van der Waals surface area (Å²) in [7, 11) is 0. The molecule has 2 aliphatic heterocycles. The third kappa shape index (κ3) is 3.58. The molecule has 2 saturated heterocycles. The second-order valence-electron chi connectivity index (χ2n) is 6.73. The van der Waals surface area contributed by atoms with Crippen LogP contribution in [-0.2, 0) is 11.3 Å². The molecule has 1 amide bonds. The number of carbonyl (C=O) groups is 1. The molecule has 2 N–H and O–H groups in total. The van der Waals surface area contributed by atoms with E-state index in [2.05, 4.69) is 9.80 Å². The average molecular weight is 330 g/mol. The molecular weight excluding hydrogens is 307 g/mol. The van der Waals surface area contributed by atoms with Crippen LogP contribution in [0.3, 0.4) is 0 Å². The Kier molecular flexibility index (Phi) is 5.12. The number of hydrogen-bond donors (Lipinski definition) is 1. The van der Waals surface area contributed by atoms with E-state index in [0.717, 1.165) is 57.4 Å². The molecule has 24 heavy (non-hydrogen) atoms. The fourth-order valence-electron chi connectivity index (χ4n) is 3.96. The number of nitriles is 1. The van der Waals surface area contributed by atoms with Gasteiger partial charge in [-0.15, -0.1) is 0 Å². The number of nitrogens with zero attached hydrogens (tertiary/aromatic N) is 3. The first kappa shape index (κ1) is 16.9. The van der Waals surface area contributed by atoms with Crippen LogP contribution >= 0.6 is 0 Å². The largest absolute Gasteiger partial charge is 0.368 e. The molecule has 0 aromatic heterocycles. The van der Waals surface area contributed by atoms with Gasteiger partial charge >= 0.3 is 0 Å². The van der Waals surface area contributed by atoms with Gasteiger partial charge in [-0.3, -0.25) is 14.6 Å². The van der Waals surface area contributed by atoms with Crippen LogP contribution in [0.2, 0.25) is 0 Å². The summed E-state index contributed by atoms with van der Waals surface area (Å²) in [6, 6.07) is 6.94. The molecule has 2 heterocycles. The van der Waals surface area contributed by atoms with E-state index in [9.17, 15) is 9.18 Å². The van der Waals surface area contributed by atoms with Gasteiger partial charge in [-0.25, -0.2) is 4.39 Å². The molecule has 3 rings (SSSR count). The van der Waals surface area contributed by atoms with Gasteiger partial charge in [-0.1, -0.05) is 6.07 Å². The summed E-state index contributed by atoms with van der Waals surface area (Å²) in [5.41, 5.74) is 6.58. The Bertz CT molecular complexity index is 649. The van der Waals surface area contributed by atoms with Gasteiger partial charge in [0.1, 0.15) is 11.9 Å². The van der Waals surface area contributed by atoms with E-state index in [1.54, 1.807) is 12.1 Å². The van der Waals surface area contributed by atoms with E-state index >= 15 is 0 Å². The van der Waals surface area contributed by atoms with Crippen LogP contribution < -0.4 is 5.73 Å². The highest BCUT2D eigenvalue weighted by Gasteiger charge is 2.35. The number of piperidine rings is 1. The summed E-state index contributed by atoms with van der Waals surface area (Å²) in [5.74, 6) is -0.670. The van der Waals surface area contributed by atoms with Crippen molar-refractivity contribution in [2.24, 2.45) is 5.73 Å². The van der Waals surface area contributed by atoms with Crippen molar-refractivity contribution in [2.45, 2.75) is 44.3 Å². The number of halogens is 1. The minimum Gasteiger partial charge on any atom is -0.368 e. The highest BCUT2D eigenvalue weighted by atomic mass is 19.1. The molecule has 5 nitrogen and oxygen atoms in total. The maximum absolute atomic E-state index is 13.4. The van der Waals surface area contributed by atoms with Crippen LogP contribution in [-0.4, -0.2) is 47.4 Å². The van der Waals surface area contributed by atoms with Crippen molar-refractivity contribution in [1.29, 1.82) is 5.26 Å². The second-order valence-corrected chi connectivity index (χ2v) is 6.73. The molecule has 0 saturated carbocycles. The van der Waals surface area contributed by atoms with Gasteiger partial charge in [-0.05, 0) is 63.0 Å². The van der Waals surface area contributed by atoms with Gasteiger partial charge in [-0.2, -0.15) is 5.26 Å². The Hall–Kier alpha value is -1.97. The Labute approximate surface area is 141 Å². The van der Waals surface area contributed by atoms with Gasteiger partial charge in [0, 0.05) is 12.6 Å². The third-order valence-electron chi connectivity index (χ3n) is 5.21. The number of rotatable bonds is 4. The van der Waals surface area contributed by atoms with Gasteiger partial charge in [0.25, 0.3) is 0 Å². The molecule has 1 atom stereocenters. The monoisotopic (exact) mass is 330 g/mol. The standard InChI is InChI=1S/C18H23FN4O/c19-16-4-3-13(10-14(16)11-20)12-22-8-5-15(6-9-22)23-7-1-2-17(23)18(21)24/h3-4,10,15,17H,1-2,5-9,12H2,(H2,21,24)/t17-/m0/s1. The normalized spacial score (nSPS) is 23.2. The summed E-state index contributed by atoms with van der Waals surface area (Å²) < 4.78 is 13.4. The van der Waals surface area contributed by atoms with Gasteiger partial charge in [0.2, 0.25) is 5.91 Å². The van der Waals surface area contributed by atoms with Crippen LogP contribution in [0.1, 0.15) is 36.8 Å². The lowest BCUT2D eigenvalue weighted by Gasteiger charge is -2.38. The van der Waals surface area contributed by atoms with Crippen LogP contribution in [0, 0.1) is 17.1 Å². The number of likely N-dealkylation sites (tertiary alicyclic amines) is 2. The van der Waals surface area contributed by atoms with Crippen molar-refractivity contribution >= 4 is 5.91 Å². The molecule has 0 bridgehead atoms. The minimum atomic E-state index is -0.466. The SMILES string of the molecule is N#Cc1cc(CN2CCC(N3CCC[C@H]3C(N)=O)CC2)ccc1F. The van der Waals surface area contributed by atoms with Crippen LogP contribution in [0.15, 0.2) is 18.2 Å². The predicted octanol–water partition coefficient (Wildman–Crippen LogP) is 1.61. The van der Waals surface area contributed by atoms with Crippen molar-refractivity contribution in [2.75, 3.05) is 19.6 Å². The van der Waals surface area contributed by atoms with E-state index < -0.39 is 5.82 Å². The quantitative estimate of drug-likeness (QED) is 0.910. The highest BCUT2D eigenvalue weighted by Crippen LogP contribution is 2.26. The fraction of sp³-hybridized carbons (Fsp3) is 0.556. The van der Waals surface area contributed by atoms with E-state index in [-0.39, 0.29) is 17.5 Å². The first-order valence-electron chi connectivity index (χ1n) is 8.54. The molecule has 1 aromatic carbocycles. The Balaban J connectivity index is 1.56. The van der Waals surface area contributed by atoms with E-state index in [0.29, 0.717) is 6.04 Å². The molecule has 0 spiro atoms. The van der Waals surface area contributed by atoms with E-state index in [1.165, 1.54) is 6.07 Å². The van der Waals surface area contributed by atoms with E-state index in [1.807, 2.05) is 6.07 Å². The lowest BCUT2D eigenvalue weighted by Crippen LogP contribution is -2.50. The van der Waals surface area contributed by atoms with Crippen LogP contribution in [0.4, 0.5) is 4.39 Å². The van der Waals surface area contributed by atoms with Crippen LogP contribution in [0.5, 0.6) is 0 Å². The lowest BCUT2D eigenvalue weighted by atomic mass is 10.0. The summed E-state index contributed by atoms with van der Waals surface area (Å²) in [6.45, 7) is 3.56. The Morgan fingerprint density at radius 1 is 1.29 bits per heavy atom. The zero-order valence-electron chi connectivity index (χ0n) is 13.7. The molecule has 0 radical (unpaired) electrons. The zero-order chi connectivity index (χ0) is 17.1. The van der Waals surface area contributed by atoms with Crippen molar-refractivity contribution in [3.8, 4) is 6.07 Å². The highest BCUT2D eigenvalue weighted by molar-refractivity contribution is 5.80. The number of carbonyl (C=O) groups excluding carboxylic acids is 1. The van der Waals surface area contributed by atoms with Gasteiger partial charge in [0.15, 0.2) is 0 Å². The maximum Gasteiger partial charge on any atom is 0.234 e. The van der Waals surface area contributed by atoms with E-state index in [4.69, 9.17) is 11.0 Å². The molecule has 0 unspecified atom stereocenters. The maximum atomic E-state index is 13.4. The topological polar surface area (TPSA) is 73.4 Å². The number of amides is 1. The molecule has 2 aliphatic rings. The molecule has 0 aliphatic carbocycles. The Morgan fingerprint density at radius 3 is 2.71 bits per heavy atom. The Morgan fingerprint density at radius 2 is 2.04 bits per heavy atom. The first-order chi connectivity index (χ1) is 11.6. The summed E-state index contributed by atoms with van der Waals surface area (Å²) in [5, 5.41) is 8.93. The molecule has 128 valence electrons. The van der Waals surface area contributed by atoms with Gasteiger partial charge in [0.05, 0.1) is 11.6 Å². The van der Waals surface area contributed by atoms with Crippen molar-refractivity contribution in [1.82, 2.24) is 9.80 Å². The number of primary amides is 1. The van der Waals surface area contributed by atoms with Crippen LogP contribution in [0.25, 0.3) is 0 Å². The smallest absolute Gasteiger partial charge is 0.234 e. The van der Waals surface area contributed by atoms with Crippen molar-refractivity contribution < 1.29 is 9.18 Å². The fourth-order valence-corrected chi connectivity index (χ4v) is 3.96. The number of hydrogen-bond acceptors (Lipinski definition) is 4. The number of benzene rings is 1. The summed E-state index contributed by atoms with van der Waals surface area (Å²) in [4.78, 5) is 16.2. The minimum absolute atomic E-state index is 0.100. The lowest BCUT2D eigenvalue weighted by molar-refractivity contribution is -0.123. The van der Waals surface area contributed by atoms with Crippen molar-refractivity contribution in [3.05, 3.63) is 35.1 Å². The molecular formula is C18H23FN4O. The van der Waals surface area contributed by atoms with Crippen molar-refractivity contribution in [3.63, 3.8) is 0 Å². The third-order valence-corrected chi connectivity index (χ3v) is 5.21. The molecule has 1 aromatic rings. The number of nitrogens with two attached hydrogens (primary N) is 1. The van der Waals surface area contributed by atoms with Gasteiger partial charge < -0.3 is 5.73 Å². The zero-order valence-corrected chi connectivity index (χ0v) is 13.7. The molecule has 6 heteroatoms. The second kappa shape index (κ2) is 7.29.